The van der Waals surface area contributed by atoms with Gasteiger partial charge in [-0.05, 0) is 18.1 Å². The highest BCUT2D eigenvalue weighted by molar-refractivity contribution is 5.93. The van der Waals surface area contributed by atoms with Crippen LogP contribution < -0.4 is 4.74 Å². The molecule has 1 unspecified atom stereocenters. The van der Waals surface area contributed by atoms with Gasteiger partial charge in [-0.25, -0.2) is 4.98 Å². The summed E-state index contributed by atoms with van der Waals surface area (Å²) in [5, 5.41) is 0. The maximum absolute atomic E-state index is 12.9. The molecule has 0 saturated carbocycles. The molecule has 1 fully saturated rings. The molecule has 1 amide bonds. The molecule has 1 aliphatic rings. The SMILES string of the molecule is CCCCN(Cc1ccccc1)C(=O)c1ccc(OC2CCOC2)nc1. The van der Waals surface area contributed by atoms with Gasteiger partial charge in [-0.1, -0.05) is 43.7 Å². The molecule has 0 aliphatic carbocycles. The van der Waals surface area contributed by atoms with E-state index in [2.05, 4.69) is 11.9 Å². The lowest BCUT2D eigenvalue weighted by molar-refractivity contribution is 0.0740. The van der Waals surface area contributed by atoms with Crippen molar-refractivity contribution in [3.05, 3.63) is 59.8 Å². The van der Waals surface area contributed by atoms with Crippen LogP contribution in [-0.2, 0) is 11.3 Å². The zero-order chi connectivity index (χ0) is 18.2. The molecule has 1 atom stereocenters. The first-order chi connectivity index (χ1) is 12.8. The minimum atomic E-state index is 0.00514. The Morgan fingerprint density at radius 2 is 2.12 bits per heavy atom. The van der Waals surface area contributed by atoms with Crippen molar-refractivity contribution in [2.24, 2.45) is 0 Å². The summed E-state index contributed by atoms with van der Waals surface area (Å²) in [5.41, 5.74) is 1.72. The van der Waals surface area contributed by atoms with Crippen molar-refractivity contribution in [2.75, 3.05) is 19.8 Å². The van der Waals surface area contributed by atoms with Gasteiger partial charge in [0.25, 0.3) is 5.91 Å². The average molecular weight is 354 g/mol. The molecule has 5 heteroatoms. The van der Waals surface area contributed by atoms with Crippen LogP contribution in [-0.4, -0.2) is 41.7 Å². The van der Waals surface area contributed by atoms with Gasteiger partial charge in [0, 0.05) is 31.8 Å². The maximum atomic E-state index is 12.9. The Morgan fingerprint density at radius 3 is 2.77 bits per heavy atom. The van der Waals surface area contributed by atoms with Crippen LogP contribution in [0.15, 0.2) is 48.7 Å². The van der Waals surface area contributed by atoms with Crippen LogP contribution in [0.5, 0.6) is 5.88 Å². The van der Waals surface area contributed by atoms with Gasteiger partial charge in [0.1, 0.15) is 6.10 Å². The van der Waals surface area contributed by atoms with Crippen molar-refractivity contribution in [1.29, 1.82) is 0 Å². The van der Waals surface area contributed by atoms with Crippen LogP contribution in [0.25, 0.3) is 0 Å². The Hall–Kier alpha value is -2.40. The number of pyridine rings is 1. The van der Waals surface area contributed by atoms with Gasteiger partial charge < -0.3 is 14.4 Å². The van der Waals surface area contributed by atoms with Crippen LogP contribution in [0.3, 0.4) is 0 Å². The number of benzene rings is 1. The van der Waals surface area contributed by atoms with Gasteiger partial charge in [0.2, 0.25) is 5.88 Å². The molecule has 0 bridgehead atoms. The molecule has 1 aromatic heterocycles. The Balaban J connectivity index is 1.66. The van der Waals surface area contributed by atoms with E-state index in [1.165, 1.54) is 0 Å². The van der Waals surface area contributed by atoms with E-state index in [4.69, 9.17) is 9.47 Å². The summed E-state index contributed by atoms with van der Waals surface area (Å²) in [6, 6.07) is 13.6. The van der Waals surface area contributed by atoms with Gasteiger partial charge in [-0.15, -0.1) is 0 Å². The van der Waals surface area contributed by atoms with Gasteiger partial charge in [0.05, 0.1) is 18.8 Å². The van der Waals surface area contributed by atoms with E-state index in [-0.39, 0.29) is 12.0 Å². The van der Waals surface area contributed by atoms with Crippen molar-refractivity contribution in [1.82, 2.24) is 9.88 Å². The van der Waals surface area contributed by atoms with E-state index >= 15 is 0 Å². The molecule has 26 heavy (non-hydrogen) atoms. The monoisotopic (exact) mass is 354 g/mol. The highest BCUT2D eigenvalue weighted by atomic mass is 16.5. The molecular weight excluding hydrogens is 328 g/mol. The zero-order valence-electron chi connectivity index (χ0n) is 15.3. The normalized spacial score (nSPS) is 16.4. The van der Waals surface area contributed by atoms with Gasteiger partial charge in [0.15, 0.2) is 0 Å². The van der Waals surface area contributed by atoms with Gasteiger partial charge >= 0.3 is 0 Å². The predicted octanol–water partition coefficient (Wildman–Crippen LogP) is 3.69. The number of aromatic nitrogens is 1. The average Bonchev–Trinajstić information content (AvgIpc) is 3.19. The molecule has 2 aromatic rings. The highest BCUT2D eigenvalue weighted by Gasteiger charge is 2.19. The summed E-state index contributed by atoms with van der Waals surface area (Å²) in [6.07, 6.45) is 4.58. The molecule has 1 aliphatic heterocycles. The van der Waals surface area contributed by atoms with Crippen LogP contribution in [0, 0.1) is 0 Å². The van der Waals surface area contributed by atoms with Crippen molar-refractivity contribution >= 4 is 5.91 Å². The van der Waals surface area contributed by atoms with E-state index in [1.807, 2.05) is 35.2 Å². The third-order valence-electron chi connectivity index (χ3n) is 4.44. The highest BCUT2D eigenvalue weighted by Crippen LogP contribution is 2.16. The first-order valence-electron chi connectivity index (χ1n) is 9.30. The van der Waals surface area contributed by atoms with Crippen LogP contribution in [0.1, 0.15) is 42.1 Å². The first-order valence-corrected chi connectivity index (χ1v) is 9.30. The zero-order valence-corrected chi connectivity index (χ0v) is 15.3. The van der Waals surface area contributed by atoms with E-state index in [0.29, 0.717) is 24.6 Å². The topological polar surface area (TPSA) is 51.7 Å². The standard InChI is InChI=1S/C21H26N2O3/c1-2-3-12-23(15-17-7-5-4-6-8-17)21(24)18-9-10-20(22-14-18)26-19-11-13-25-16-19/h4-10,14,19H,2-3,11-13,15-16H2,1H3. The number of nitrogens with zero attached hydrogens (tertiary/aromatic N) is 2. The molecule has 5 nitrogen and oxygen atoms in total. The van der Waals surface area contributed by atoms with Crippen LogP contribution >= 0.6 is 0 Å². The molecule has 1 aromatic carbocycles. The Labute approximate surface area is 155 Å². The van der Waals surface area contributed by atoms with Crippen molar-refractivity contribution in [3.63, 3.8) is 0 Å². The molecule has 138 valence electrons. The number of hydrogen-bond acceptors (Lipinski definition) is 4. The van der Waals surface area contributed by atoms with Crippen LogP contribution in [0.4, 0.5) is 0 Å². The lowest BCUT2D eigenvalue weighted by Gasteiger charge is -2.23. The molecule has 0 N–H and O–H groups in total. The fourth-order valence-corrected chi connectivity index (χ4v) is 2.94. The van der Waals surface area contributed by atoms with Gasteiger partial charge in [-0.2, -0.15) is 0 Å². The second-order valence-corrected chi connectivity index (χ2v) is 6.55. The number of amides is 1. The summed E-state index contributed by atoms with van der Waals surface area (Å²) in [6.45, 7) is 4.81. The minimum absolute atomic E-state index is 0.00514. The predicted molar refractivity (Wildman–Crippen MR) is 100 cm³/mol. The summed E-state index contributed by atoms with van der Waals surface area (Å²) >= 11 is 0. The molecule has 2 heterocycles. The van der Waals surface area contributed by atoms with Crippen molar-refractivity contribution in [3.8, 4) is 5.88 Å². The quantitative estimate of drug-likeness (QED) is 0.725. The number of carbonyl (C=O) groups is 1. The summed E-state index contributed by atoms with van der Waals surface area (Å²) < 4.78 is 11.1. The molecular formula is C21H26N2O3. The van der Waals surface area contributed by atoms with Crippen molar-refractivity contribution < 1.29 is 14.3 Å². The Kier molecular flexibility index (Phi) is 6.61. The molecule has 1 saturated heterocycles. The maximum Gasteiger partial charge on any atom is 0.255 e. The van der Waals surface area contributed by atoms with E-state index < -0.39 is 0 Å². The van der Waals surface area contributed by atoms with E-state index in [0.717, 1.165) is 38.0 Å². The number of hydrogen-bond donors (Lipinski definition) is 0. The Morgan fingerprint density at radius 1 is 1.27 bits per heavy atom. The number of rotatable bonds is 8. The largest absolute Gasteiger partial charge is 0.472 e. The minimum Gasteiger partial charge on any atom is -0.472 e. The van der Waals surface area contributed by atoms with Crippen molar-refractivity contribution in [2.45, 2.75) is 38.8 Å². The Bertz CT molecular complexity index is 682. The van der Waals surface area contributed by atoms with Gasteiger partial charge in [-0.3, -0.25) is 4.79 Å². The number of ether oxygens (including phenoxy) is 2. The molecule has 0 radical (unpaired) electrons. The number of unbranched alkanes of at least 4 members (excludes halogenated alkanes) is 1. The third kappa shape index (κ3) is 5.05. The summed E-state index contributed by atoms with van der Waals surface area (Å²) in [5.74, 6) is 0.547. The smallest absolute Gasteiger partial charge is 0.255 e. The fraction of sp³-hybridized carbons (Fsp3) is 0.429. The summed E-state index contributed by atoms with van der Waals surface area (Å²) in [4.78, 5) is 19.1. The van der Waals surface area contributed by atoms with Crippen LogP contribution in [0.2, 0.25) is 0 Å². The lowest BCUT2D eigenvalue weighted by Crippen LogP contribution is -2.31. The fourth-order valence-electron chi connectivity index (χ4n) is 2.94. The van der Waals surface area contributed by atoms with E-state index in [1.54, 1.807) is 18.3 Å². The number of carbonyl (C=O) groups excluding carboxylic acids is 1. The third-order valence-corrected chi connectivity index (χ3v) is 4.44. The lowest BCUT2D eigenvalue weighted by atomic mass is 10.1. The second-order valence-electron chi connectivity index (χ2n) is 6.55. The molecule has 0 spiro atoms. The molecule has 3 rings (SSSR count). The van der Waals surface area contributed by atoms with E-state index in [9.17, 15) is 4.79 Å². The summed E-state index contributed by atoms with van der Waals surface area (Å²) in [7, 11) is 0. The first kappa shape index (κ1) is 18.4. The second kappa shape index (κ2) is 9.34.